The standard InChI is InChI=1S/C31H25Cl2N3O5S/c32-21-8-14-28(33)30(16-21)35-42(39,40)24-13-15-29-27(17-24)25-2-1-3-26(25)31(34-29)20-6-11-23(12-7-20)41-18-19-4-9-22(10-5-19)36(37)38/h1-2,4-17,25-26,31,34-35H,3,18H2/t25-,26+,31+/m0/s1. The second-order valence-electron chi connectivity index (χ2n) is 10.2. The van der Waals surface area contributed by atoms with Crippen LogP contribution in [0.5, 0.6) is 5.75 Å². The summed E-state index contributed by atoms with van der Waals surface area (Å²) in [6.07, 6.45) is 5.15. The van der Waals surface area contributed by atoms with Gasteiger partial charge in [-0.1, -0.05) is 47.5 Å². The topological polar surface area (TPSA) is 111 Å². The molecular weight excluding hydrogens is 597 g/mol. The Labute approximate surface area is 253 Å². The molecule has 1 aliphatic carbocycles. The van der Waals surface area contributed by atoms with Crippen LogP contribution in [0.1, 0.15) is 35.1 Å². The number of halogens is 2. The Balaban J connectivity index is 1.19. The molecule has 42 heavy (non-hydrogen) atoms. The highest BCUT2D eigenvalue weighted by Gasteiger charge is 2.38. The van der Waals surface area contributed by atoms with E-state index < -0.39 is 14.9 Å². The minimum atomic E-state index is -3.91. The van der Waals surface area contributed by atoms with Gasteiger partial charge in [0.1, 0.15) is 12.4 Å². The zero-order valence-corrected chi connectivity index (χ0v) is 24.4. The molecule has 0 aromatic heterocycles. The van der Waals surface area contributed by atoms with Gasteiger partial charge in [0.2, 0.25) is 0 Å². The number of hydrogen-bond donors (Lipinski definition) is 2. The summed E-state index contributed by atoms with van der Waals surface area (Å²) in [5.41, 5.74) is 4.00. The molecule has 0 bridgehead atoms. The first kappa shape index (κ1) is 28.1. The molecule has 0 saturated heterocycles. The van der Waals surface area contributed by atoms with Crippen molar-refractivity contribution in [3.05, 3.63) is 134 Å². The molecule has 4 aromatic carbocycles. The van der Waals surface area contributed by atoms with E-state index in [1.54, 1.807) is 42.5 Å². The zero-order chi connectivity index (χ0) is 29.4. The predicted octanol–water partition coefficient (Wildman–Crippen LogP) is 8.11. The lowest BCUT2D eigenvalue weighted by Crippen LogP contribution is -2.29. The molecule has 0 saturated carbocycles. The van der Waals surface area contributed by atoms with Crippen molar-refractivity contribution in [1.29, 1.82) is 0 Å². The third-order valence-corrected chi connectivity index (χ3v) is 9.54. The van der Waals surface area contributed by atoms with Crippen molar-refractivity contribution < 1.29 is 18.1 Å². The summed E-state index contributed by atoms with van der Waals surface area (Å²) in [7, 11) is -3.91. The number of sulfonamides is 1. The van der Waals surface area contributed by atoms with Gasteiger partial charge in [0, 0.05) is 28.8 Å². The van der Waals surface area contributed by atoms with Gasteiger partial charge >= 0.3 is 0 Å². The van der Waals surface area contributed by atoms with Crippen LogP contribution in [0.2, 0.25) is 10.0 Å². The maximum atomic E-state index is 13.3. The van der Waals surface area contributed by atoms with E-state index in [1.165, 1.54) is 18.2 Å². The third-order valence-electron chi connectivity index (χ3n) is 7.61. The van der Waals surface area contributed by atoms with E-state index in [1.807, 2.05) is 24.3 Å². The van der Waals surface area contributed by atoms with Crippen LogP contribution in [0.25, 0.3) is 0 Å². The largest absolute Gasteiger partial charge is 0.489 e. The number of anilines is 2. The number of fused-ring (bicyclic) bond motifs is 3. The molecule has 8 nitrogen and oxygen atoms in total. The number of benzene rings is 4. The number of hydrogen-bond acceptors (Lipinski definition) is 6. The summed E-state index contributed by atoms with van der Waals surface area (Å²) in [6.45, 7) is 0.296. The molecule has 2 aliphatic rings. The third kappa shape index (κ3) is 5.68. The van der Waals surface area contributed by atoms with E-state index in [0.717, 1.165) is 28.8 Å². The molecule has 0 unspecified atom stereocenters. The van der Waals surface area contributed by atoms with Crippen LogP contribution in [0.15, 0.2) is 102 Å². The van der Waals surface area contributed by atoms with E-state index >= 15 is 0 Å². The highest BCUT2D eigenvalue weighted by molar-refractivity contribution is 7.92. The molecule has 214 valence electrons. The molecular formula is C31H25Cl2N3O5S. The van der Waals surface area contributed by atoms with Gasteiger partial charge in [0.05, 0.1) is 26.6 Å². The van der Waals surface area contributed by atoms with Gasteiger partial charge < -0.3 is 10.1 Å². The molecule has 3 atom stereocenters. The summed E-state index contributed by atoms with van der Waals surface area (Å²) in [5, 5.41) is 15.1. The Morgan fingerprint density at radius 3 is 2.48 bits per heavy atom. The summed E-state index contributed by atoms with van der Waals surface area (Å²) >= 11 is 12.2. The van der Waals surface area contributed by atoms with Crippen molar-refractivity contribution in [2.75, 3.05) is 10.0 Å². The first-order valence-corrected chi connectivity index (χ1v) is 15.4. The monoisotopic (exact) mass is 621 g/mol. The van der Waals surface area contributed by atoms with Gasteiger partial charge in [-0.3, -0.25) is 14.8 Å². The van der Waals surface area contributed by atoms with Crippen LogP contribution in [0, 0.1) is 16.0 Å². The number of non-ortho nitro benzene ring substituents is 1. The Bertz CT molecular complexity index is 1790. The van der Waals surface area contributed by atoms with Crippen molar-refractivity contribution in [1.82, 2.24) is 0 Å². The quantitative estimate of drug-likeness (QED) is 0.117. The summed E-state index contributed by atoms with van der Waals surface area (Å²) in [4.78, 5) is 10.6. The maximum absolute atomic E-state index is 13.3. The van der Waals surface area contributed by atoms with Crippen LogP contribution in [-0.4, -0.2) is 13.3 Å². The van der Waals surface area contributed by atoms with E-state index in [0.29, 0.717) is 17.4 Å². The lowest BCUT2D eigenvalue weighted by molar-refractivity contribution is -0.384. The molecule has 1 aliphatic heterocycles. The maximum Gasteiger partial charge on any atom is 0.269 e. The van der Waals surface area contributed by atoms with Crippen molar-refractivity contribution in [3.8, 4) is 5.75 Å². The van der Waals surface area contributed by atoms with Crippen LogP contribution in [-0.2, 0) is 16.6 Å². The average Bonchev–Trinajstić information content (AvgIpc) is 3.48. The van der Waals surface area contributed by atoms with Gasteiger partial charge in [-0.2, -0.15) is 0 Å². The lowest BCUT2D eigenvalue weighted by atomic mass is 9.77. The molecule has 2 N–H and O–H groups in total. The van der Waals surface area contributed by atoms with Crippen LogP contribution < -0.4 is 14.8 Å². The van der Waals surface area contributed by atoms with Crippen LogP contribution in [0.4, 0.5) is 17.1 Å². The van der Waals surface area contributed by atoms with Crippen LogP contribution >= 0.6 is 23.2 Å². The number of nitrogens with one attached hydrogen (secondary N) is 2. The molecule has 1 heterocycles. The average molecular weight is 623 g/mol. The minimum Gasteiger partial charge on any atom is -0.489 e. The molecule has 0 radical (unpaired) electrons. The summed E-state index contributed by atoms with van der Waals surface area (Å²) < 4.78 is 35.0. The van der Waals surface area contributed by atoms with E-state index in [2.05, 4.69) is 22.2 Å². The van der Waals surface area contributed by atoms with Crippen molar-refractivity contribution in [2.45, 2.75) is 29.9 Å². The van der Waals surface area contributed by atoms with Gasteiger partial charge in [-0.25, -0.2) is 8.42 Å². The fourth-order valence-corrected chi connectivity index (χ4v) is 7.00. The highest BCUT2D eigenvalue weighted by Crippen LogP contribution is 2.50. The molecule has 6 rings (SSSR count). The van der Waals surface area contributed by atoms with Gasteiger partial charge in [-0.05, 0) is 89.7 Å². The molecule has 0 spiro atoms. The Hall–Kier alpha value is -4.05. The number of ether oxygens (including phenoxy) is 1. The Morgan fingerprint density at radius 2 is 1.74 bits per heavy atom. The first-order valence-electron chi connectivity index (χ1n) is 13.2. The number of nitro groups is 1. The number of allylic oxidation sites excluding steroid dienone is 2. The Kier molecular flexibility index (Phi) is 7.57. The lowest BCUT2D eigenvalue weighted by Gasteiger charge is -2.37. The number of nitro benzene ring substituents is 1. The predicted molar refractivity (Wildman–Crippen MR) is 164 cm³/mol. The minimum absolute atomic E-state index is 0.0204. The van der Waals surface area contributed by atoms with E-state index in [4.69, 9.17) is 27.9 Å². The number of rotatable bonds is 8. The molecule has 0 amide bonds. The van der Waals surface area contributed by atoms with Gasteiger partial charge in [-0.15, -0.1) is 0 Å². The molecule has 4 aromatic rings. The second kappa shape index (κ2) is 11.3. The summed E-state index contributed by atoms with van der Waals surface area (Å²) in [6, 6.07) is 23.9. The van der Waals surface area contributed by atoms with E-state index in [9.17, 15) is 18.5 Å². The zero-order valence-electron chi connectivity index (χ0n) is 22.0. The van der Waals surface area contributed by atoms with E-state index in [-0.39, 0.29) is 39.2 Å². The van der Waals surface area contributed by atoms with Crippen LogP contribution in [0.3, 0.4) is 0 Å². The normalized spacial score (nSPS) is 19.0. The highest BCUT2D eigenvalue weighted by atomic mass is 35.5. The fraction of sp³-hybridized carbons (Fsp3) is 0.161. The van der Waals surface area contributed by atoms with Gasteiger partial charge in [0.25, 0.3) is 15.7 Å². The van der Waals surface area contributed by atoms with Gasteiger partial charge in [0.15, 0.2) is 0 Å². The summed E-state index contributed by atoms with van der Waals surface area (Å²) in [5.74, 6) is 0.948. The van der Waals surface area contributed by atoms with Crippen molar-refractivity contribution in [3.63, 3.8) is 0 Å². The second-order valence-corrected chi connectivity index (χ2v) is 12.8. The number of nitrogens with zero attached hydrogens (tertiary/aromatic N) is 1. The Morgan fingerprint density at radius 1 is 0.976 bits per heavy atom. The fourth-order valence-electron chi connectivity index (χ4n) is 5.50. The smallest absolute Gasteiger partial charge is 0.269 e. The first-order chi connectivity index (χ1) is 20.2. The van der Waals surface area contributed by atoms with Crippen molar-refractivity contribution >= 4 is 50.3 Å². The molecule has 11 heteroatoms. The molecule has 0 fully saturated rings. The SMILES string of the molecule is O=[N+]([O-])c1ccc(COc2ccc([C@H]3Nc4ccc(S(=O)(=O)Nc5cc(Cl)ccc5Cl)cc4[C@H]4C=CC[C@H]43)cc2)cc1. The van der Waals surface area contributed by atoms with Crippen molar-refractivity contribution in [2.24, 2.45) is 5.92 Å².